The highest BCUT2D eigenvalue weighted by Gasteiger charge is 2.24. The van der Waals surface area contributed by atoms with E-state index in [0.29, 0.717) is 22.6 Å². The van der Waals surface area contributed by atoms with Crippen LogP contribution in [0.1, 0.15) is 5.69 Å². The topological polar surface area (TPSA) is 82.3 Å². The molecule has 0 unspecified atom stereocenters. The molecular weight excluding hydrogens is 530 g/mol. The third-order valence-electron chi connectivity index (χ3n) is 5.17. The average molecular weight is 545 g/mol. The molecule has 3 heterocycles. The number of halogens is 3. The van der Waals surface area contributed by atoms with Gasteiger partial charge in [0.25, 0.3) is 0 Å². The molecule has 5 rings (SSSR count). The van der Waals surface area contributed by atoms with Crippen molar-refractivity contribution in [3.8, 4) is 34.0 Å². The van der Waals surface area contributed by atoms with Gasteiger partial charge in [0, 0.05) is 22.6 Å². The summed E-state index contributed by atoms with van der Waals surface area (Å²) in [5, 5.41) is 1.45. The molecule has 11 heteroatoms. The number of hydrogen-bond acceptors (Lipinski definition) is 7. The summed E-state index contributed by atoms with van der Waals surface area (Å²) in [6, 6.07) is 12.8. The van der Waals surface area contributed by atoms with E-state index in [1.807, 2.05) is 0 Å². The maximum absolute atomic E-state index is 15.0. The fraction of sp³-hybridized carbons (Fsp3) is 0.0400. The number of rotatable bonds is 7. The van der Waals surface area contributed by atoms with Gasteiger partial charge in [-0.1, -0.05) is 23.7 Å². The zero-order chi connectivity index (χ0) is 25.3. The Balaban J connectivity index is 1.52. The van der Waals surface area contributed by atoms with E-state index >= 15 is 0 Å². The molecule has 0 amide bonds. The van der Waals surface area contributed by atoms with Crippen molar-refractivity contribution >= 4 is 32.8 Å². The maximum Gasteiger partial charge on any atom is 0.187 e. The second kappa shape index (κ2) is 9.81. The van der Waals surface area contributed by atoms with E-state index in [0.717, 1.165) is 12.1 Å². The lowest BCUT2D eigenvalue weighted by molar-refractivity contribution is 0.473. The monoisotopic (exact) mass is 544 g/mol. The molecule has 0 aliphatic rings. The smallest absolute Gasteiger partial charge is 0.187 e. The van der Waals surface area contributed by atoms with Crippen LogP contribution in [0, 0.1) is 11.6 Å². The molecule has 0 aliphatic heterocycles. The fourth-order valence-corrected chi connectivity index (χ4v) is 5.77. The summed E-state index contributed by atoms with van der Waals surface area (Å²) in [5.41, 5.74) is 3.25. The van der Waals surface area contributed by atoms with E-state index < -0.39 is 32.1 Å². The van der Waals surface area contributed by atoms with E-state index in [9.17, 15) is 17.2 Å². The van der Waals surface area contributed by atoms with Crippen LogP contribution in [0.15, 0.2) is 87.3 Å². The normalized spacial score (nSPS) is 11.5. The maximum atomic E-state index is 15.0. The SMILES string of the molecule is O=S(=O)(Cc1cscn1)c1cc(Cl)c(Oc2ccc(-c3ccccc3F)nc2-c2ccoc2)cc1F. The number of hydrogen-bond donors (Lipinski definition) is 0. The van der Waals surface area contributed by atoms with Crippen molar-refractivity contribution in [2.24, 2.45) is 0 Å². The Morgan fingerprint density at radius 1 is 1.03 bits per heavy atom. The van der Waals surface area contributed by atoms with Gasteiger partial charge in [-0.3, -0.25) is 0 Å². The second-order valence-corrected chi connectivity index (χ2v) is 10.7. The number of sulfone groups is 1. The minimum atomic E-state index is -4.04. The molecule has 0 spiro atoms. The number of ether oxygens (including phenoxy) is 1. The molecule has 0 fully saturated rings. The lowest BCUT2D eigenvalue weighted by Crippen LogP contribution is -2.08. The predicted molar refractivity (Wildman–Crippen MR) is 132 cm³/mol. The Hall–Kier alpha value is -3.60. The highest BCUT2D eigenvalue weighted by atomic mass is 35.5. The Bertz CT molecular complexity index is 1640. The van der Waals surface area contributed by atoms with E-state index in [2.05, 4.69) is 9.97 Å². The van der Waals surface area contributed by atoms with Gasteiger partial charge in [-0.15, -0.1) is 11.3 Å². The van der Waals surface area contributed by atoms with Gasteiger partial charge in [-0.25, -0.2) is 27.2 Å². The summed E-state index contributed by atoms with van der Waals surface area (Å²) >= 11 is 7.54. The van der Waals surface area contributed by atoms with Crippen molar-refractivity contribution in [3.05, 3.63) is 100 Å². The molecular formula is C25H15ClF2N2O4S2. The van der Waals surface area contributed by atoms with Crippen LogP contribution in [0.4, 0.5) is 8.78 Å². The summed E-state index contributed by atoms with van der Waals surface area (Å²) < 4.78 is 65.8. The average Bonchev–Trinajstić information content (AvgIpc) is 3.56. The van der Waals surface area contributed by atoms with Gasteiger partial charge in [-0.05, 0) is 36.4 Å². The van der Waals surface area contributed by atoms with Crippen molar-refractivity contribution in [3.63, 3.8) is 0 Å². The van der Waals surface area contributed by atoms with E-state index in [-0.39, 0.29) is 22.1 Å². The minimum Gasteiger partial charge on any atom is -0.472 e. The summed E-state index contributed by atoms with van der Waals surface area (Å²) in [6.07, 6.45) is 2.86. The molecule has 2 aromatic carbocycles. The molecule has 0 radical (unpaired) electrons. The molecule has 0 saturated heterocycles. The van der Waals surface area contributed by atoms with E-state index in [4.69, 9.17) is 20.8 Å². The van der Waals surface area contributed by atoms with Crippen molar-refractivity contribution in [1.82, 2.24) is 9.97 Å². The largest absolute Gasteiger partial charge is 0.472 e. The van der Waals surface area contributed by atoms with Gasteiger partial charge in [0.15, 0.2) is 15.6 Å². The lowest BCUT2D eigenvalue weighted by Gasteiger charge is -2.14. The van der Waals surface area contributed by atoms with Crippen molar-refractivity contribution < 1.29 is 26.4 Å². The van der Waals surface area contributed by atoms with Crippen LogP contribution < -0.4 is 4.74 Å². The third-order valence-corrected chi connectivity index (χ3v) is 7.75. The van der Waals surface area contributed by atoms with Gasteiger partial charge in [-0.2, -0.15) is 0 Å². The first-order valence-electron chi connectivity index (χ1n) is 10.4. The van der Waals surface area contributed by atoms with Crippen LogP contribution >= 0.6 is 22.9 Å². The van der Waals surface area contributed by atoms with Crippen molar-refractivity contribution in [2.45, 2.75) is 10.6 Å². The molecule has 0 N–H and O–H groups in total. The van der Waals surface area contributed by atoms with Crippen LogP contribution in [0.2, 0.25) is 5.02 Å². The zero-order valence-corrected chi connectivity index (χ0v) is 20.6. The Morgan fingerprint density at radius 3 is 2.58 bits per heavy atom. The molecule has 3 aromatic heterocycles. The molecule has 0 bridgehead atoms. The van der Waals surface area contributed by atoms with Gasteiger partial charge in [0.05, 0.1) is 40.2 Å². The molecule has 182 valence electrons. The molecule has 0 saturated carbocycles. The molecule has 0 atom stereocenters. The van der Waals surface area contributed by atoms with Gasteiger partial charge in [0.1, 0.15) is 28.0 Å². The number of thiazole rings is 1. The lowest BCUT2D eigenvalue weighted by atomic mass is 10.1. The fourth-order valence-electron chi connectivity index (χ4n) is 3.48. The van der Waals surface area contributed by atoms with E-state index in [1.165, 1.54) is 41.5 Å². The van der Waals surface area contributed by atoms with Crippen LogP contribution in [-0.4, -0.2) is 18.4 Å². The van der Waals surface area contributed by atoms with Crippen molar-refractivity contribution in [2.75, 3.05) is 0 Å². The Kier molecular flexibility index (Phi) is 6.57. The Labute approximate surface area is 213 Å². The third kappa shape index (κ3) is 4.88. The van der Waals surface area contributed by atoms with E-state index in [1.54, 1.807) is 35.7 Å². The molecule has 36 heavy (non-hydrogen) atoms. The quantitative estimate of drug-likeness (QED) is 0.216. The summed E-state index contributed by atoms with van der Waals surface area (Å²) in [4.78, 5) is 7.91. The number of benzene rings is 2. The van der Waals surface area contributed by atoms with Crippen LogP contribution in [0.25, 0.3) is 22.5 Å². The number of nitrogens with zero attached hydrogens (tertiary/aromatic N) is 2. The molecule has 0 aliphatic carbocycles. The van der Waals surface area contributed by atoms with Crippen LogP contribution in [-0.2, 0) is 15.6 Å². The summed E-state index contributed by atoms with van der Waals surface area (Å²) in [6.45, 7) is 0. The first kappa shape index (κ1) is 24.1. The van der Waals surface area contributed by atoms with Crippen LogP contribution in [0.5, 0.6) is 11.5 Å². The first-order chi connectivity index (χ1) is 17.3. The first-order valence-corrected chi connectivity index (χ1v) is 13.3. The number of furan rings is 1. The predicted octanol–water partition coefficient (Wildman–Crippen LogP) is 7.16. The molecule has 5 aromatic rings. The Morgan fingerprint density at radius 2 is 1.86 bits per heavy atom. The highest BCUT2D eigenvalue weighted by Crippen LogP contribution is 2.39. The van der Waals surface area contributed by atoms with Gasteiger partial charge < -0.3 is 9.15 Å². The number of pyridine rings is 1. The summed E-state index contributed by atoms with van der Waals surface area (Å²) in [7, 11) is -4.04. The number of aromatic nitrogens is 2. The van der Waals surface area contributed by atoms with Crippen molar-refractivity contribution in [1.29, 1.82) is 0 Å². The molecule has 6 nitrogen and oxygen atoms in total. The van der Waals surface area contributed by atoms with Gasteiger partial charge >= 0.3 is 0 Å². The van der Waals surface area contributed by atoms with Gasteiger partial charge in [0.2, 0.25) is 0 Å². The van der Waals surface area contributed by atoms with Crippen LogP contribution in [0.3, 0.4) is 0 Å². The standard InChI is InChI=1S/C25H15ClF2N2O4S2/c26-18-9-24(36(31,32)13-16-12-35-14-29-16)20(28)10-23(18)34-22-6-5-21(17-3-1-2-4-19(17)27)30-25(22)15-7-8-33-11-15/h1-12,14H,13H2. The summed E-state index contributed by atoms with van der Waals surface area (Å²) in [5.74, 6) is -1.87. The zero-order valence-electron chi connectivity index (χ0n) is 18.2. The second-order valence-electron chi connectivity index (χ2n) is 7.59. The minimum absolute atomic E-state index is 0.119. The highest BCUT2D eigenvalue weighted by molar-refractivity contribution is 7.90.